The molecule has 2 heterocycles. The number of hydrogen-bond donors (Lipinski definition) is 1. The number of thiazole rings is 1. The number of rotatable bonds is 4. The summed E-state index contributed by atoms with van der Waals surface area (Å²) in [6.07, 6.45) is 1.06. The highest BCUT2D eigenvalue weighted by molar-refractivity contribution is 7.14. The van der Waals surface area contributed by atoms with Gasteiger partial charge >= 0.3 is 0 Å². The fraction of sp³-hybridized carbons (Fsp3) is 0.190. The highest BCUT2D eigenvalue weighted by Gasteiger charge is 2.30. The number of anilines is 2. The SMILES string of the molecule is C[C@H]1Cc2ccccc2N1C(=O)Cc1csc(NC(=O)c2ccc(Cl)cc2)n1. The van der Waals surface area contributed by atoms with Crippen LogP contribution in [0.5, 0.6) is 0 Å². The maximum Gasteiger partial charge on any atom is 0.257 e. The molecule has 0 aliphatic carbocycles. The minimum atomic E-state index is -0.258. The number of fused-ring (bicyclic) bond motifs is 1. The number of carbonyl (C=O) groups excluding carboxylic acids is 2. The van der Waals surface area contributed by atoms with E-state index in [-0.39, 0.29) is 24.3 Å². The quantitative estimate of drug-likeness (QED) is 0.684. The van der Waals surface area contributed by atoms with E-state index >= 15 is 0 Å². The van der Waals surface area contributed by atoms with Crippen molar-refractivity contribution in [3.8, 4) is 0 Å². The van der Waals surface area contributed by atoms with Crippen LogP contribution >= 0.6 is 22.9 Å². The van der Waals surface area contributed by atoms with E-state index in [0.717, 1.165) is 12.1 Å². The summed E-state index contributed by atoms with van der Waals surface area (Å²) >= 11 is 7.15. The predicted molar refractivity (Wildman–Crippen MR) is 112 cm³/mol. The molecule has 7 heteroatoms. The Hall–Kier alpha value is -2.70. The summed E-state index contributed by atoms with van der Waals surface area (Å²) in [6, 6.07) is 14.8. The number of hydrogen-bond acceptors (Lipinski definition) is 4. The highest BCUT2D eigenvalue weighted by atomic mass is 35.5. The molecule has 1 N–H and O–H groups in total. The van der Waals surface area contributed by atoms with E-state index < -0.39 is 0 Å². The monoisotopic (exact) mass is 411 g/mol. The van der Waals surface area contributed by atoms with Crippen LogP contribution in [0.1, 0.15) is 28.5 Å². The van der Waals surface area contributed by atoms with Gasteiger partial charge in [0.2, 0.25) is 5.91 Å². The van der Waals surface area contributed by atoms with Crippen LogP contribution in [-0.2, 0) is 17.6 Å². The van der Waals surface area contributed by atoms with Crippen LogP contribution in [0.25, 0.3) is 0 Å². The van der Waals surface area contributed by atoms with Crippen molar-refractivity contribution < 1.29 is 9.59 Å². The molecule has 0 spiro atoms. The lowest BCUT2D eigenvalue weighted by Crippen LogP contribution is -2.36. The highest BCUT2D eigenvalue weighted by Crippen LogP contribution is 2.32. The first kappa shape index (κ1) is 18.7. The Bertz CT molecular complexity index is 1030. The Labute approximate surface area is 172 Å². The fourth-order valence-corrected chi connectivity index (χ4v) is 4.23. The van der Waals surface area contributed by atoms with E-state index in [9.17, 15) is 9.59 Å². The first-order valence-electron chi connectivity index (χ1n) is 8.92. The third-order valence-electron chi connectivity index (χ3n) is 4.69. The number of benzene rings is 2. The van der Waals surface area contributed by atoms with Crippen molar-refractivity contribution in [1.29, 1.82) is 0 Å². The molecule has 0 saturated carbocycles. The molecular weight excluding hydrogens is 394 g/mol. The van der Waals surface area contributed by atoms with Crippen LogP contribution in [0.3, 0.4) is 0 Å². The lowest BCUT2D eigenvalue weighted by Gasteiger charge is -2.22. The first-order valence-corrected chi connectivity index (χ1v) is 10.2. The van der Waals surface area contributed by atoms with Gasteiger partial charge in [-0.05, 0) is 49.2 Å². The molecule has 3 aromatic rings. The summed E-state index contributed by atoms with van der Waals surface area (Å²) < 4.78 is 0. The second kappa shape index (κ2) is 7.73. The smallest absolute Gasteiger partial charge is 0.257 e. The van der Waals surface area contributed by atoms with Crippen molar-refractivity contribution in [3.05, 3.63) is 75.8 Å². The van der Waals surface area contributed by atoms with E-state index in [2.05, 4.69) is 23.3 Å². The average Bonchev–Trinajstić information content (AvgIpc) is 3.24. The normalized spacial score (nSPS) is 15.4. The van der Waals surface area contributed by atoms with E-state index in [1.54, 1.807) is 24.3 Å². The van der Waals surface area contributed by atoms with Gasteiger partial charge in [0.1, 0.15) is 0 Å². The van der Waals surface area contributed by atoms with Crippen molar-refractivity contribution in [3.63, 3.8) is 0 Å². The Morgan fingerprint density at radius 2 is 1.96 bits per heavy atom. The van der Waals surface area contributed by atoms with Crippen LogP contribution in [0.2, 0.25) is 5.02 Å². The number of halogens is 1. The van der Waals surface area contributed by atoms with Gasteiger partial charge in [0.15, 0.2) is 5.13 Å². The molecule has 4 rings (SSSR count). The Morgan fingerprint density at radius 3 is 2.75 bits per heavy atom. The average molecular weight is 412 g/mol. The van der Waals surface area contributed by atoms with E-state index in [1.807, 2.05) is 28.5 Å². The minimum absolute atomic E-state index is 0.0123. The number of nitrogens with one attached hydrogen (secondary N) is 1. The molecule has 2 amide bonds. The zero-order valence-corrected chi connectivity index (χ0v) is 16.8. The molecule has 28 heavy (non-hydrogen) atoms. The standard InChI is InChI=1S/C21H18ClN3O2S/c1-13-10-15-4-2-3-5-18(15)25(13)19(26)11-17-12-28-21(23-17)24-20(27)14-6-8-16(22)9-7-14/h2-9,12-13H,10-11H2,1H3,(H,23,24,27)/t13-/m0/s1. The van der Waals surface area contributed by atoms with Crippen LogP contribution in [0, 0.1) is 0 Å². The summed E-state index contributed by atoms with van der Waals surface area (Å²) in [6.45, 7) is 2.05. The molecule has 0 fully saturated rings. The van der Waals surface area contributed by atoms with Gasteiger partial charge in [-0.25, -0.2) is 4.98 Å². The molecular formula is C21H18ClN3O2S. The predicted octanol–water partition coefficient (Wildman–Crippen LogP) is 4.57. The molecule has 2 aromatic carbocycles. The molecule has 0 bridgehead atoms. The Balaban J connectivity index is 1.43. The van der Waals surface area contributed by atoms with Gasteiger partial charge in [0.05, 0.1) is 12.1 Å². The van der Waals surface area contributed by atoms with E-state index in [0.29, 0.717) is 21.4 Å². The summed E-state index contributed by atoms with van der Waals surface area (Å²) in [4.78, 5) is 31.4. The Morgan fingerprint density at radius 1 is 1.21 bits per heavy atom. The van der Waals surface area contributed by atoms with Crippen molar-refractivity contribution in [2.24, 2.45) is 0 Å². The van der Waals surface area contributed by atoms with Crippen LogP contribution in [0.4, 0.5) is 10.8 Å². The summed E-state index contributed by atoms with van der Waals surface area (Å²) in [5.74, 6) is -0.246. The van der Waals surface area contributed by atoms with Gasteiger partial charge in [-0.1, -0.05) is 29.8 Å². The summed E-state index contributed by atoms with van der Waals surface area (Å²) in [5, 5.41) is 5.62. The topological polar surface area (TPSA) is 62.3 Å². The molecule has 1 aliphatic heterocycles. The maximum atomic E-state index is 12.9. The van der Waals surface area contributed by atoms with Crippen molar-refractivity contribution >= 4 is 45.6 Å². The third-order valence-corrected chi connectivity index (χ3v) is 5.75. The van der Waals surface area contributed by atoms with Crippen LogP contribution in [-0.4, -0.2) is 22.8 Å². The molecule has 5 nitrogen and oxygen atoms in total. The third kappa shape index (κ3) is 3.79. The second-order valence-corrected chi connectivity index (χ2v) is 8.02. The van der Waals surface area contributed by atoms with Crippen molar-refractivity contribution in [2.45, 2.75) is 25.8 Å². The van der Waals surface area contributed by atoms with Crippen molar-refractivity contribution in [1.82, 2.24) is 4.98 Å². The van der Waals surface area contributed by atoms with E-state index in [4.69, 9.17) is 11.6 Å². The number of para-hydroxylation sites is 1. The molecule has 1 aliphatic rings. The van der Waals surface area contributed by atoms with Gasteiger partial charge in [0.25, 0.3) is 5.91 Å². The van der Waals surface area contributed by atoms with Gasteiger partial charge in [-0.15, -0.1) is 11.3 Å². The molecule has 1 atom stereocenters. The summed E-state index contributed by atoms with van der Waals surface area (Å²) in [5.41, 5.74) is 3.32. The number of nitrogens with zero attached hydrogens (tertiary/aromatic N) is 2. The lowest BCUT2D eigenvalue weighted by atomic mass is 10.1. The zero-order valence-electron chi connectivity index (χ0n) is 15.2. The van der Waals surface area contributed by atoms with Crippen LogP contribution in [0.15, 0.2) is 53.9 Å². The number of carbonyl (C=O) groups is 2. The van der Waals surface area contributed by atoms with Gasteiger partial charge in [-0.3, -0.25) is 14.9 Å². The number of aromatic nitrogens is 1. The van der Waals surface area contributed by atoms with Gasteiger partial charge < -0.3 is 4.90 Å². The number of amides is 2. The van der Waals surface area contributed by atoms with Gasteiger partial charge in [-0.2, -0.15) is 0 Å². The van der Waals surface area contributed by atoms with Crippen LogP contribution < -0.4 is 10.2 Å². The minimum Gasteiger partial charge on any atom is -0.309 e. The largest absolute Gasteiger partial charge is 0.309 e. The molecule has 0 saturated heterocycles. The molecule has 0 radical (unpaired) electrons. The lowest BCUT2D eigenvalue weighted by molar-refractivity contribution is -0.118. The second-order valence-electron chi connectivity index (χ2n) is 6.73. The molecule has 1 aromatic heterocycles. The van der Waals surface area contributed by atoms with Gasteiger partial charge in [0, 0.05) is 27.7 Å². The Kier molecular flexibility index (Phi) is 5.15. The molecule has 0 unspecified atom stereocenters. The zero-order chi connectivity index (χ0) is 19.7. The molecule has 142 valence electrons. The van der Waals surface area contributed by atoms with Crippen molar-refractivity contribution in [2.75, 3.05) is 10.2 Å². The summed E-state index contributed by atoms with van der Waals surface area (Å²) in [7, 11) is 0. The van der Waals surface area contributed by atoms with E-state index in [1.165, 1.54) is 16.9 Å². The first-order chi connectivity index (χ1) is 13.5. The maximum absolute atomic E-state index is 12.9. The fourth-order valence-electron chi connectivity index (χ4n) is 3.40.